The molecule has 0 bridgehead atoms. The Hall–Kier alpha value is -0.000000000000000111. The van der Waals surface area contributed by atoms with E-state index in [4.69, 9.17) is 0 Å². The highest BCUT2D eigenvalue weighted by molar-refractivity contribution is 9.10. The quantitative estimate of drug-likeness (QED) is 0.750. The van der Waals surface area contributed by atoms with Gasteiger partial charge in [-0.3, -0.25) is 0 Å². The molecule has 1 aromatic rings. The molecule has 0 atom stereocenters. The van der Waals surface area contributed by atoms with Crippen LogP contribution >= 0.6 is 39.0 Å². The fourth-order valence-corrected chi connectivity index (χ4v) is 3.40. The summed E-state index contributed by atoms with van der Waals surface area (Å²) in [7, 11) is 0. The van der Waals surface area contributed by atoms with Crippen LogP contribution in [0.3, 0.4) is 0 Å². The minimum Gasteiger partial charge on any atom is -0.544 e. The number of hydrogen-bond acceptors (Lipinski definition) is 4. The Morgan fingerprint density at radius 2 is 2.45 bits per heavy atom. The molecule has 0 aliphatic rings. The number of carboxylic acid groups (broad SMARTS) is 1. The Bertz CT molecular complexity index is 282. The first-order valence-corrected chi connectivity index (χ1v) is 5.59. The standard InChI is InChI=1S/C6H5BrO2S2/c1-10-4-3(7)2-11-5(4)6(8)9/h2H,1H3,(H,8,9)/p-1. The summed E-state index contributed by atoms with van der Waals surface area (Å²) in [4.78, 5) is 11.5. The van der Waals surface area contributed by atoms with Crippen molar-refractivity contribution in [1.82, 2.24) is 0 Å². The Morgan fingerprint density at radius 3 is 2.82 bits per heavy atom. The molecule has 5 heteroatoms. The summed E-state index contributed by atoms with van der Waals surface area (Å²) in [6.45, 7) is 0. The lowest BCUT2D eigenvalue weighted by Crippen LogP contribution is -2.21. The SMILES string of the molecule is CSc1c(Br)csc1C(=O)[O-]. The van der Waals surface area contributed by atoms with Gasteiger partial charge in [0.1, 0.15) is 0 Å². The van der Waals surface area contributed by atoms with Gasteiger partial charge in [0.05, 0.1) is 10.8 Å². The molecule has 0 aliphatic carbocycles. The van der Waals surface area contributed by atoms with Crippen LogP contribution in [-0.2, 0) is 0 Å². The molecule has 0 aromatic carbocycles. The lowest BCUT2D eigenvalue weighted by Gasteiger charge is -2.00. The molecule has 0 unspecified atom stereocenters. The van der Waals surface area contributed by atoms with Crippen molar-refractivity contribution in [3.8, 4) is 0 Å². The van der Waals surface area contributed by atoms with E-state index < -0.39 is 5.97 Å². The van der Waals surface area contributed by atoms with Crippen molar-refractivity contribution in [2.24, 2.45) is 0 Å². The molecule has 0 saturated carbocycles. The highest BCUT2D eigenvalue weighted by atomic mass is 79.9. The molecule has 60 valence electrons. The first-order valence-electron chi connectivity index (χ1n) is 2.69. The Kier molecular flexibility index (Phi) is 2.98. The van der Waals surface area contributed by atoms with Gasteiger partial charge in [-0.2, -0.15) is 0 Å². The van der Waals surface area contributed by atoms with Gasteiger partial charge in [0, 0.05) is 14.7 Å². The van der Waals surface area contributed by atoms with E-state index >= 15 is 0 Å². The summed E-state index contributed by atoms with van der Waals surface area (Å²) in [6, 6.07) is 0. The van der Waals surface area contributed by atoms with Gasteiger partial charge in [0.25, 0.3) is 0 Å². The Balaban J connectivity index is 3.15. The number of carbonyl (C=O) groups is 1. The van der Waals surface area contributed by atoms with Gasteiger partial charge >= 0.3 is 0 Å². The monoisotopic (exact) mass is 251 g/mol. The second kappa shape index (κ2) is 3.60. The zero-order valence-electron chi connectivity index (χ0n) is 5.59. The van der Waals surface area contributed by atoms with Crippen molar-refractivity contribution in [1.29, 1.82) is 0 Å². The van der Waals surface area contributed by atoms with Crippen LogP contribution < -0.4 is 5.11 Å². The topological polar surface area (TPSA) is 40.1 Å². The number of aromatic carboxylic acids is 1. The van der Waals surface area contributed by atoms with E-state index in [1.165, 1.54) is 23.1 Å². The largest absolute Gasteiger partial charge is 0.544 e. The maximum absolute atomic E-state index is 10.5. The van der Waals surface area contributed by atoms with Crippen molar-refractivity contribution in [2.45, 2.75) is 4.90 Å². The number of carbonyl (C=O) groups excluding carboxylic acids is 1. The van der Waals surface area contributed by atoms with Gasteiger partial charge in [-0.15, -0.1) is 23.1 Å². The van der Waals surface area contributed by atoms with Crippen molar-refractivity contribution < 1.29 is 9.90 Å². The average molecular weight is 252 g/mol. The number of thioether (sulfide) groups is 1. The fourth-order valence-electron chi connectivity index (χ4n) is 0.657. The van der Waals surface area contributed by atoms with Gasteiger partial charge in [0.15, 0.2) is 0 Å². The van der Waals surface area contributed by atoms with Crippen LogP contribution in [0.1, 0.15) is 9.67 Å². The first-order chi connectivity index (χ1) is 5.16. The second-order valence-electron chi connectivity index (χ2n) is 1.73. The minimum atomic E-state index is -1.11. The van der Waals surface area contributed by atoms with E-state index in [-0.39, 0.29) is 0 Å². The maximum Gasteiger partial charge on any atom is 0.0827 e. The van der Waals surface area contributed by atoms with Crippen LogP contribution in [0.15, 0.2) is 14.7 Å². The van der Waals surface area contributed by atoms with E-state index in [1.807, 2.05) is 6.26 Å². The molecule has 0 N–H and O–H groups in total. The number of halogens is 1. The van der Waals surface area contributed by atoms with E-state index in [1.54, 1.807) is 5.38 Å². The molecular weight excluding hydrogens is 248 g/mol. The smallest absolute Gasteiger partial charge is 0.0827 e. The summed E-state index contributed by atoms with van der Waals surface area (Å²) in [6.07, 6.45) is 1.83. The number of carboxylic acids is 1. The van der Waals surface area contributed by atoms with Gasteiger partial charge in [-0.05, 0) is 22.2 Å². The number of thiophene rings is 1. The molecule has 0 fully saturated rings. The lowest BCUT2D eigenvalue weighted by atomic mass is 10.5. The van der Waals surface area contributed by atoms with Gasteiger partial charge < -0.3 is 9.90 Å². The van der Waals surface area contributed by atoms with Crippen molar-refractivity contribution >= 4 is 45.0 Å². The summed E-state index contributed by atoms with van der Waals surface area (Å²) >= 11 is 5.82. The fraction of sp³-hybridized carbons (Fsp3) is 0.167. The molecular formula is C6H4BrO2S2-. The molecule has 0 saturated heterocycles. The summed E-state index contributed by atoms with van der Waals surface area (Å²) < 4.78 is 0.828. The van der Waals surface area contributed by atoms with E-state index in [9.17, 15) is 9.90 Å². The molecule has 11 heavy (non-hydrogen) atoms. The van der Waals surface area contributed by atoms with Crippen molar-refractivity contribution in [2.75, 3.05) is 6.26 Å². The van der Waals surface area contributed by atoms with Crippen LogP contribution in [0, 0.1) is 0 Å². The zero-order chi connectivity index (χ0) is 8.43. The third-order valence-corrected chi connectivity index (χ3v) is 4.21. The Labute approximate surface area is 80.7 Å². The highest BCUT2D eigenvalue weighted by Crippen LogP contribution is 2.33. The molecule has 0 amide bonds. The zero-order valence-corrected chi connectivity index (χ0v) is 8.81. The number of hydrogen-bond donors (Lipinski definition) is 0. The van der Waals surface area contributed by atoms with Crippen LogP contribution in [0.5, 0.6) is 0 Å². The van der Waals surface area contributed by atoms with Crippen LogP contribution in [0.2, 0.25) is 0 Å². The second-order valence-corrected chi connectivity index (χ2v) is 4.28. The third kappa shape index (κ3) is 1.77. The number of rotatable bonds is 2. The molecule has 0 aliphatic heterocycles. The summed E-state index contributed by atoms with van der Waals surface area (Å²) in [5.41, 5.74) is 0. The summed E-state index contributed by atoms with van der Waals surface area (Å²) in [5.74, 6) is -1.11. The van der Waals surface area contributed by atoms with Crippen LogP contribution in [-0.4, -0.2) is 12.2 Å². The van der Waals surface area contributed by atoms with Crippen LogP contribution in [0.25, 0.3) is 0 Å². The molecule has 0 spiro atoms. The van der Waals surface area contributed by atoms with Crippen LogP contribution in [0.4, 0.5) is 0 Å². The van der Waals surface area contributed by atoms with E-state index in [2.05, 4.69) is 15.9 Å². The molecule has 1 rings (SSSR count). The molecule has 1 heterocycles. The average Bonchev–Trinajstić information content (AvgIpc) is 2.30. The predicted octanol–water partition coefficient (Wildman–Crippen LogP) is 1.60. The predicted molar refractivity (Wildman–Crippen MR) is 48.1 cm³/mol. The van der Waals surface area contributed by atoms with Crippen molar-refractivity contribution in [3.63, 3.8) is 0 Å². The van der Waals surface area contributed by atoms with Gasteiger partial charge in [0.2, 0.25) is 0 Å². The molecule has 1 aromatic heterocycles. The molecule has 2 nitrogen and oxygen atoms in total. The van der Waals surface area contributed by atoms with E-state index in [0.29, 0.717) is 4.88 Å². The first kappa shape index (κ1) is 9.09. The lowest BCUT2D eigenvalue weighted by molar-refractivity contribution is -0.254. The third-order valence-electron chi connectivity index (χ3n) is 1.09. The van der Waals surface area contributed by atoms with Crippen molar-refractivity contribution in [3.05, 3.63) is 14.7 Å². The molecule has 0 radical (unpaired) electrons. The normalized spacial score (nSPS) is 10.0. The summed E-state index contributed by atoms with van der Waals surface area (Å²) in [5, 5.41) is 12.2. The maximum atomic E-state index is 10.5. The minimum absolute atomic E-state index is 0.296. The highest BCUT2D eigenvalue weighted by Gasteiger charge is 2.08. The van der Waals surface area contributed by atoms with Gasteiger partial charge in [-0.25, -0.2) is 0 Å². The van der Waals surface area contributed by atoms with Gasteiger partial charge in [-0.1, -0.05) is 0 Å². The Morgan fingerprint density at radius 1 is 1.82 bits per heavy atom. The van der Waals surface area contributed by atoms with E-state index in [0.717, 1.165) is 9.37 Å².